The van der Waals surface area contributed by atoms with Crippen LogP contribution in [0.15, 0.2) is 35.7 Å². The number of aromatic nitrogens is 1. The lowest BCUT2D eigenvalue weighted by molar-refractivity contribution is 0.0927. The number of hydrogen-bond acceptors (Lipinski definition) is 4. The van der Waals surface area contributed by atoms with Gasteiger partial charge >= 0.3 is 0 Å². The molecule has 2 aromatic rings. The van der Waals surface area contributed by atoms with Gasteiger partial charge in [-0.2, -0.15) is 0 Å². The second-order valence-corrected chi connectivity index (χ2v) is 6.31. The molecule has 4 nitrogen and oxygen atoms in total. The quantitative estimate of drug-likeness (QED) is 0.851. The summed E-state index contributed by atoms with van der Waals surface area (Å²) >= 11 is 1.50. The van der Waals surface area contributed by atoms with Crippen LogP contribution in [0, 0.1) is 5.92 Å². The number of benzene rings is 1. The molecule has 3 N–H and O–H groups in total. The fraction of sp³-hybridized carbons (Fsp3) is 0.375. The van der Waals surface area contributed by atoms with Crippen LogP contribution in [-0.2, 0) is 6.42 Å². The van der Waals surface area contributed by atoms with Crippen molar-refractivity contribution in [3.05, 3.63) is 52.0 Å². The third-order valence-electron chi connectivity index (χ3n) is 3.68. The van der Waals surface area contributed by atoms with Crippen molar-refractivity contribution >= 4 is 29.7 Å². The lowest BCUT2D eigenvalue weighted by atomic mass is 10.0. The molecule has 0 radical (unpaired) electrons. The van der Waals surface area contributed by atoms with Crippen molar-refractivity contribution in [1.82, 2.24) is 10.3 Å². The first kappa shape index (κ1) is 16.9. The third-order valence-corrected chi connectivity index (χ3v) is 4.59. The Morgan fingerprint density at radius 1 is 1.36 bits per heavy atom. The fourth-order valence-corrected chi connectivity index (χ4v) is 3.23. The fourth-order valence-electron chi connectivity index (χ4n) is 2.43. The summed E-state index contributed by atoms with van der Waals surface area (Å²) in [4.78, 5) is 16.7. The molecule has 0 spiro atoms. The van der Waals surface area contributed by atoms with E-state index in [1.807, 2.05) is 23.6 Å². The molecule has 0 aliphatic heterocycles. The lowest BCUT2D eigenvalue weighted by Gasteiger charge is -2.18. The molecule has 0 saturated heterocycles. The summed E-state index contributed by atoms with van der Waals surface area (Å²) in [6, 6.07) is 10.3. The van der Waals surface area contributed by atoms with E-state index in [0.29, 0.717) is 18.2 Å². The second-order valence-electron chi connectivity index (χ2n) is 5.36. The maximum absolute atomic E-state index is 12.4. The van der Waals surface area contributed by atoms with Crippen LogP contribution in [0.25, 0.3) is 0 Å². The molecule has 1 unspecified atom stereocenters. The number of rotatable bonds is 6. The molecule has 1 aromatic carbocycles. The predicted molar refractivity (Wildman–Crippen MR) is 91.5 cm³/mol. The Kier molecular flexibility index (Phi) is 5.94. The molecule has 1 aliphatic carbocycles. The van der Waals surface area contributed by atoms with Crippen molar-refractivity contribution in [2.45, 2.75) is 25.3 Å². The Hall–Kier alpha value is -1.43. The zero-order valence-corrected chi connectivity index (χ0v) is 13.8. The number of thiazole rings is 1. The van der Waals surface area contributed by atoms with Crippen LogP contribution in [0.3, 0.4) is 0 Å². The number of halogens is 1. The summed E-state index contributed by atoms with van der Waals surface area (Å²) < 4.78 is 0. The van der Waals surface area contributed by atoms with Crippen LogP contribution >= 0.6 is 23.7 Å². The van der Waals surface area contributed by atoms with Gasteiger partial charge in [0.15, 0.2) is 0 Å². The smallest absolute Gasteiger partial charge is 0.271 e. The van der Waals surface area contributed by atoms with Gasteiger partial charge in [-0.05, 0) is 30.9 Å². The van der Waals surface area contributed by atoms with Gasteiger partial charge in [0, 0.05) is 11.8 Å². The Morgan fingerprint density at radius 2 is 2.09 bits per heavy atom. The van der Waals surface area contributed by atoms with E-state index in [4.69, 9.17) is 5.73 Å². The van der Waals surface area contributed by atoms with Crippen LogP contribution in [0.4, 0.5) is 0 Å². The third kappa shape index (κ3) is 4.06. The normalized spacial score (nSPS) is 15.0. The molecular weight excluding hydrogens is 318 g/mol. The summed E-state index contributed by atoms with van der Waals surface area (Å²) in [7, 11) is 0. The summed E-state index contributed by atoms with van der Waals surface area (Å²) in [5.74, 6) is 0.466. The second kappa shape index (κ2) is 7.72. The summed E-state index contributed by atoms with van der Waals surface area (Å²) in [5.41, 5.74) is 7.19. The SMILES string of the molecule is Cl.NCCc1nc(C(=O)NC(c2ccccc2)C2CC2)cs1. The number of carbonyl (C=O) groups excluding carboxylic acids is 1. The van der Waals surface area contributed by atoms with Gasteiger partial charge in [0.05, 0.1) is 11.0 Å². The molecule has 118 valence electrons. The molecule has 6 heteroatoms. The molecule has 1 atom stereocenters. The van der Waals surface area contributed by atoms with Crippen molar-refractivity contribution in [2.75, 3.05) is 6.54 Å². The van der Waals surface area contributed by atoms with Crippen LogP contribution < -0.4 is 11.1 Å². The Bertz CT molecular complexity index is 613. The van der Waals surface area contributed by atoms with Gasteiger partial charge in [-0.1, -0.05) is 30.3 Å². The number of nitrogens with one attached hydrogen (secondary N) is 1. The van der Waals surface area contributed by atoms with E-state index in [9.17, 15) is 4.79 Å². The van der Waals surface area contributed by atoms with Gasteiger partial charge in [0.2, 0.25) is 0 Å². The summed E-state index contributed by atoms with van der Waals surface area (Å²) in [6.07, 6.45) is 3.08. The van der Waals surface area contributed by atoms with E-state index in [1.54, 1.807) is 0 Å². The molecule has 1 aliphatic rings. The number of hydrogen-bond donors (Lipinski definition) is 2. The number of nitrogens with two attached hydrogens (primary N) is 1. The minimum atomic E-state index is -0.0877. The standard InChI is InChI=1S/C16H19N3OS.ClH/c17-9-8-14-18-13(10-21-14)16(20)19-15(12-6-7-12)11-4-2-1-3-5-11;/h1-5,10,12,15H,6-9,17H2,(H,19,20);1H. The highest BCUT2D eigenvalue weighted by atomic mass is 35.5. The minimum Gasteiger partial charge on any atom is -0.344 e. The molecule has 22 heavy (non-hydrogen) atoms. The molecule has 1 saturated carbocycles. The van der Waals surface area contributed by atoms with Crippen molar-refractivity contribution < 1.29 is 4.79 Å². The summed E-state index contributed by atoms with van der Waals surface area (Å²) in [5, 5.41) is 5.88. The Labute approximate surface area is 140 Å². The van der Waals surface area contributed by atoms with Crippen molar-refractivity contribution in [1.29, 1.82) is 0 Å². The van der Waals surface area contributed by atoms with E-state index in [2.05, 4.69) is 22.4 Å². The number of carbonyl (C=O) groups is 1. The van der Waals surface area contributed by atoms with Crippen LogP contribution in [-0.4, -0.2) is 17.4 Å². The van der Waals surface area contributed by atoms with E-state index >= 15 is 0 Å². The van der Waals surface area contributed by atoms with E-state index in [-0.39, 0.29) is 24.4 Å². The molecule has 3 rings (SSSR count). The highest BCUT2D eigenvalue weighted by Crippen LogP contribution is 2.41. The topological polar surface area (TPSA) is 68.0 Å². The predicted octanol–water partition coefficient (Wildman–Crippen LogP) is 2.95. The van der Waals surface area contributed by atoms with E-state index < -0.39 is 0 Å². The number of nitrogens with zero attached hydrogens (tertiary/aromatic N) is 1. The van der Waals surface area contributed by atoms with Crippen LogP contribution in [0.1, 0.15) is 39.9 Å². The molecule has 1 heterocycles. The Balaban J connectivity index is 0.00000176. The largest absolute Gasteiger partial charge is 0.344 e. The van der Waals surface area contributed by atoms with Gasteiger partial charge < -0.3 is 11.1 Å². The van der Waals surface area contributed by atoms with Crippen molar-refractivity contribution in [3.63, 3.8) is 0 Å². The maximum atomic E-state index is 12.4. The van der Waals surface area contributed by atoms with Crippen LogP contribution in [0.5, 0.6) is 0 Å². The van der Waals surface area contributed by atoms with Crippen molar-refractivity contribution in [2.24, 2.45) is 11.7 Å². The zero-order valence-electron chi connectivity index (χ0n) is 12.2. The molecule has 1 fully saturated rings. The molecular formula is C16H20ClN3OS. The zero-order chi connectivity index (χ0) is 14.7. The number of amides is 1. The highest BCUT2D eigenvalue weighted by molar-refractivity contribution is 7.09. The van der Waals surface area contributed by atoms with Gasteiger partial charge in [-0.3, -0.25) is 4.79 Å². The van der Waals surface area contributed by atoms with Gasteiger partial charge in [-0.15, -0.1) is 23.7 Å². The lowest BCUT2D eigenvalue weighted by Crippen LogP contribution is -2.30. The first-order chi connectivity index (χ1) is 10.3. The first-order valence-corrected chi connectivity index (χ1v) is 8.16. The molecule has 0 bridgehead atoms. The summed E-state index contributed by atoms with van der Waals surface area (Å²) in [6.45, 7) is 0.559. The van der Waals surface area contributed by atoms with Crippen LogP contribution in [0.2, 0.25) is 0 Å². The van der Waals surface area contributed by atoms with Crippen molar-refractivity contribution in [3.8, 4) is 0 Å². The van der Waals surface area contributed by atoms with Gasteiger partial charge in [-0.25, -0.2) is 4.98 Å². The van der Waals surface area contributed by atoms with E-state index in [1.165, 1.54) is 29.7 Å². The maximum Gasteiger partial charge on any atom is 0.271 e. The average molecular weight is 338 g/mol. The molecule has 1 aromatic heterocycles. The molecule has 1 amide bonds. The van der Waals surface area contributed by atoms with Gasteiger partial charge in [0.1, 0.15) is 5.69 Å². The van der Waals surface area contributed by atoms with E-state index in [0.717, 1.165) is 11.4 Å². The first-order valence-electron chi connectivity index (χ1n) is 7.28. The highest BCUT2D eigenvalue weighted by Gasteiger charge is 2.33. The van der Waals surface area contributed by atoms with Gasteiger partial charge in [0.25, 0.3) is 5.91 Å². The average Bonchev–Trinajstić information content (AvgIpc) is 3.24. The Morgan fingerprint density at radius 3 is 2.73 bits per heavy atom. The monoisotopic (exact) mass is 337 g/mol. The minimum absolute atomic E-state index is 0.